The van der Waals surface area contributed by atoms with Crippen molar-refractivity contribution >= 4 is 0 Å². The minimum Gasteiger partial charge on any atom is -0.372 e. The lowest BCUT2D eigenvalue weighted by Gasteiger charge is -2.43. The van der Waals surface area contributed by atoms with E-state index in [0.717, 1.165) is 19.1 Å². The predicted octanol–water partition coefficient (Wildman–Crippen LogP) is 2.72. The number of nitrogens with one attached hydrogen (secondary N) is 1. The largest absolute Gasteiger partial charge is 0.372 e. The third-order valence-electron chi connectivity index (χ3n) is 4.30. The number of morpholine rings is 1. The molecule has 0 aromatic rings. The van der Waals surface area contributed by atoms with Crippen molar-refractivity contribution in [2.75, 3.05) is 13.2 Å². The second-order valence-corrected chi connectivity index (χ2v) is 5.38. The van der Waals surface area contributed by atoms with Crippen LogP contribution in [-0.4, -0.2) is 24.8 Å². The maximum Gasteiger partial charge on any atom is 0.0835 e. The molecule has 1 aliphatic carbocycles. The number of rotatable bonds is 3. The van der Waals surface area contributed by atoms with Gasteiger partial charge in [0, 0.05) is 12.6 Å². The van der Waals surface area contributed by atoms with E-state index in [2.05, 4.69) is 19.2 Å². The molecule has 0 aromatic carbocycles. The Morgan fingerprint density at radius 3 is 2.80 bits per heavy atom. The van der Waals surface area contributed by atoms with Crippen molar-refractivity contribution in [3.05, 3.63) is 0 Å². The first-order valence-corrected chi connectivity index (χ1v) is 6.64. The van der Waals surface area contributed by atoms with E-state index in [0.29, 0.717) is 6.04 Å². The highest BCUT2D eigenvalue weighted by molar-refractivity contribution is 4.99. The second kappa shape index (κ2) is 4.84. The van der Waals surface area contributed by atoms with E-state index >= 15 is 0 Å². The zero-order chi connectivity index (χ0) is 10.7. The highest BCUT2D eigenvalue weighted by Gasteiger charge is 2.44. The highest BCUT2D eigenvalue weighted by atomic mass is 16.5. The van der Waals surface area contributed by atoms with E-state index in [1.165, 1.54) is 38.5 Å². The molecule has 1 spiro atoms. The summed E-state index contributed by atoms with van der Waals surface area (Å²) >= 11 is 0. The van der Waals surface area contributed by atoms with Gasteiger partial charge in [-0.2, -0.15) is 0 Å². The number of hydrogen-bond donors (Lipinski definition) is 1. The zero-order valence-corrected chi connectivity index (χ0v) is 10.2. The van der Waals surface area contributed by atoms with Crippen LogP contribution in [0.15, 0.2) is 0 Å². The molecular weight excluding hydrogens is 186 g/mol. The van der Waals surface area contributed by atoms with Crippen LogP contribution in [0.25, 0.3) is 0 Å². The van der Waals surface area contributed by atoms with Gasteiger partial charge < -0.3 is 10.1 Å². The summed E-state index contributed by atoms with van der Waals surface area (Å²) in [7, 11) is 0. The lowest BCUT2D eigenvalue weighted by Crippen LogP contribution is -2.57. The molecule has 1 heterocycles. The molecule has 1 saturated carbocycles. The van der Waals surface area contributed by atoms with Crippen LogP contribution in [-0.2, 0) is 4.74 Å². The highest BCUT2D eigenvalue weighted by Crippen LogP contribution is 2.39. The van der Waals surface area contributed by atoms with Gasteiger partial charge in [-0.15, -0.1) is 0 Å². The van der Waals surface area contributed by atoms with Crippen LogP contribution < -0.4 is 5.32 Å². The van der Waals surface area contributed by atoms with Crippen LogP contribution in [0.2, 0.25) is 0 Å². The Morgan fingerprint density at radius 2 is 2.13 bits per heavy atom. The fraction of sp³-hybridized carbons (Fsp3) is 1.00. The first-order valence-electron chi connectivity index (χ1n) is 6.64. The van der Waals surface area contributed by atoms with Crippen molar-refractivity contribution in [2.24, 2.45) is 5.92 Å². The average Bonchev–Trinajstić information content (AvgIpc) is 2.71. The molecule has 2 nitrogen and oxygen atoms in total. The van der Waals surface area contributed by atoms with Gasteiger partial charge in [0.2, 0.25) is 0 Å². The second-order valence-electron chi connectivity index (χ2n) is 5.38. The van der Waals surface area contributed by atoms with Crippen molar-refractivity contribution in [3.63, 3.8) is 0 Å². The van der Waals surface area contributed by atoms with Gasteiger partial charge >= 0.3 is 0 Å². The molecule has 0 amide bonds. The quantitative estimate of drug-likeness (QED) is 0.775. The van der Waals surface area contributed by atoms with Gasteiger partial charge in [0.1, 0.15) is 0 Å². The number of ether oxygens (including phenoxy) is 1. The summed E-state index contributed by atoms with van der Waals surface area (Å²) in [6.45, 7) is 6.61. The average molecular weight is 211 g/mol. The van der Waals surface area contributed by atoms with Crippen LogP contribution in [0, 0.1) is 5.92 Å². The Labute approximate surface area is 93.8 Å². The summed E-state index contributed by atoms with van der Waals surface area (Å²) in [6, 6.07) is 0.615. The summed E-state index contributed by atoms with van der Waals surface area (Å²) in [5, 5.41) is 3.69. The van der Waals surface area contributed by atoms with Gasteiger partial charge in [-0.05, 0) is 25.2 Å². The molecule has 0 bridgehead atoms. The first kappa shape index (κ1) is 11.4. The SMILES string of the molecule is CCC(C)CC1NCCOC12CCCC2. The van der Waals surface area contributed by atoms with Gasteiger partial charge in [0.15, 0.2) is 0 Å². The van der Waals surface area contributed by atoms with Crippen molar-refractivity contribution in [3.8, 4) is 0 Å². The zero-order valence-electron chi connectivity index (χ0n) is 10.2. The summed E-state index contributed by atoms with van der Waals surface area (Å²) < 4.78 is 6.12. The van der Waals surface area contributed by atoms with Crippen molar-refractivity contribution in [2.45, 2.75) is 64.0 Å². The van der Waals surface area contributed by atoms with Gasteiger partial charge in [-0.25, -0.2) is 0 Å². The van der Waals surface area contributed by atoms with Crippen molar-refractivity contribution in [1.29, 1.82) is 0 Å². The molecule has 2 unspecified atom stereocenters. The lowest BCUT2D eigenvalue weighted by molar-refractivity contribution is -0.0965. The van der Waals surface area contributed by atoms with Gasteiger partial charge in [0.25, 0.3) is 0 Å². The van der Waals surface area contributed by atoms with E-state index in [1.54, 1.807) is 0 Å². The maximum absolute atomic E-state index is 6.12. The van der Waals surface area contributed by atoms with Crippen LogP contribution in [0.4, 0.5) is 0 Å². The Bertz CT molecular complexity index is 199. The smallest absolute Gasteiger partial charge is 0.0835 e. The van der Waals surface area contributed by atoms with Crippen LogP contribution in [0.5, 0.6) is 0 Å². The predicted molar refractivity (Wildman–Crippen MR) is 63.0 cm³/mol. The molecule has 1 saturated heterocycles. The molecule has 88 valence electrons. The molecule has 0 aromatic heterocycles. The normalized spacial score (nSPS) is 32.0. The first-order chi connectivity index (χ1) is 7.27. The fourth-order valence-corrected chi connectivity index (χ4v) is 3.11. The third-order valence-corrected chi connectivity index (χ3v) is 4.30. The van der Waals surface area contributed by atoms with Gasteiger partial charge in [-0.1, -0.05) is 33.1 Å². The maximum atomic E-state index is 6.12. The number of hydrogen-bond acceptors (Lipinski definition) is 2. The summed E-state index contributed by atoms with van der Waals surface area (Å²) in [6.07, 6.45) is 7.85. The summed E-state index contributed by atoms with van der Waals surface area (Å²) in [5.74, 6) is 0.821. The molecule has 2 fully saturated rings. The molecular formula is C13H25NO. The lowest BCUT2D eigenvalue weighted by atomic mass is 9.84. The Hall–Kier alpha value is -0.0800. The fourth-order valence-electron chi connectivity index (χ4n) is 3.11. The minimum atomic E-state index is 0.210. The van der Waals surface area contributed by atoms with Gasteiger partial charge in [-0.3, -0.25) is 0 Å². The molecule has 2 aliphatic rings. The Balaban J connectivity index is 1.99. The van der Waals surface area contributed by atoms with E-state index in [4.69, 9.17) is 4.74 Å². The third kappa shape index (κ3) is 2.36. The molecule has 1 aliphatic heterocycles. The molecule has 15 heavy (non-hydrogen) atoms. The topological polar surface area (TPSA) is 21.3 Å². The monoisotopic (exact) mass is 211 g/mol. The molecule has 0 radical (unpaired) electrons. The van der Waals surface area contributed by atoms with Crippen molar-refractivity contribution < 1.29 is 4.74 Å². The van der Waals surface area contributed by atoms with Crippen LogP contribution >= 0.6 is 0 Å². The molecule has 1 N–H and O–H groups in total. The molecule has 2 rings (SSSR count). The van der Waals surface area contributed by atoms with Crippen molar-refractivity contribution in [1.82, 2.24) is 5.32 Å². The Kier molecular flexibility index (Phi) is 3.68. The summed E-state index contributed by atoms with van der Waals surface area (Å²) in [5.41, 5.74) is 0.210. The summed E-state index contributed by atoms with van der Waals surface area (Å²) in [4.78, 5) is 0. The van der Waals surface area contributed by atoms with Crippen LogP contribution in [0.3, 0.4) is 0 Å². The van der Waals surface area contributed by atoms with E-state index < -0.39 is 0 Å². The van der Waals surface area contributed by atoms with E-state index in [1.807, 2.05) is 0 Å². The van der Waals surface area contributed by atoms with E-state index in [-0.39, 0.29) is 5.60 Å². The standard InChI is InChI=1S/C13H25NO/c1-3-11(2)10-12-13(6-4-5-7-13)15-9-8-14-12/h11-12,14H,3-10H2,1-2H3. The minimum absolute atomic E-state index is 0.210. The van der Waals surface area contributed by atoms with Crippen LogP contribution in [0.1, 0.15) is 52.4 Å². The Morgan fingerprint density at radius 1 is 1.40 bits per heavy atom. The molecule has 2 atom stereocenters. The van der Waals surface area contributed by atoms with Gasteiger partial charge in [0.05, 0.1) is 12.2 Å². The van der Waals surface area contributed by atoms with E-state index in [9.17, 15) is 0 Å². The molecule has 2 heteroatoms.